The molecule has 3 heteroatoms. The summed E-state index contributed by atoms with van der Waals surface area (Å²) >= 11 is 0. The summed E-state index contributed by atoms with van der Waals surface area (Å²) in [5.74, 6) is 0.277. The fraction of sp³-hybridized carbons (Fsp3) is 0.909. The van der Waals surface area contributed by atoms with Gasteiger partial charge in [0.1, 0.15) is 0 Å². The lowest BCUT2D eigenvalue weighted by atomic mass is 9.79. The third-order valence-electron chi connectivity index (χ3n) is 3.31. The predicted molar refractivity (Wildman–Crippen MR) is 58.1 cm³/mol. The Kier molecular flexibility index (Phi) is 3.93. The van der Waals surface area contributed by atoms with Crippen molar-refractivity contribution in [3.8, 4) is 0 Å². The Bertz CT molecular complexity index is 203. The minimum Gasteiger partial charge on any atom is -0.356 e. The summed E-state index contributed by atoms with van der Waals surface area (Å²) in [7, 11) is 4.15. The highest BCUT2D eigenvalue weighted by molar-refractivity contribution is 5.84. The van der Waals surface area contributed by atoms with Crippen molar-refractivity contribution in [2.75, 3.05) is 27.2 Å². The maximum atomic E-state index is 11.7. The summed E-state index contributed by atoms with van der Waals surface area (Å²) in [6, 6.07) is 0. The van der Waals surface area contributed by atoms with Crippen molar-refractivity contribution in [3.63, 3.8) is 0 Å². The van der Waals surface area contributed by atoms with E-state index >= 15 is 0 Å². The van der Waals surface area contributed by atoms with Crippen molar-refractivity contribution < 1.29 is 4.79 Å². The minimum absolute atomic E-state index is 0.0456. The number of amides is 1. The van der Waals surface area contributed by atoms with Gasteiger partial charge in [-0.05, 0) is 46.3 Å². The number of hydrogen-bond donors (Lipinski definition) is 1. The van der Waals surface area contributed by atoms with Crippen LogP contribution in [0.15, 0.2) is 0 Å². The van der Waals surface area contributed by atoms with E-state index in [1.165, 1.54) is 0 Å². The van der Waals surface area contributed by atoms with E-state index in [0.29, 0.717) is 0 Å². The molecule has 0 saturated carbocycles. The van der Waals surface area contributed by atoms with E-state index in [2.05, 4.69) is 31.2 Å². The molecule has 0 aromatic rings. The van der Waals surface area contributed by atoms with Crippen LogP contribution in [-0.2, 0) is 4.79 Å². The van der Waals surface area contributed by atoms with Gasteiger partial charge >= 0.3 is 0 Å². The van der Waals surface area contributed by atoms with Gasteiger partial charge in [0, 0.05) is 6.54 Å². The van der Waals surface area contributed by atoms with E-state index in [4.69, 9.17) is 0 Å². The van der Waals surface area contributed by atoms with Crippen molar-refractivity contribution >= 4 is 5.91 Å². The van der Waals surface area contributed by atoms with Crippen LogP contribution in [0.1, 0.15) is 32.6 Å². The van der Waals surface area contributed by atoms with Crippen LogP contribution in [0.2, 0.25) is 0 Å². The second kappa shape index (κ2) is 4.78. The van der Waals surface area contributed by atoms with Crippen LogP contribution in [-0.4, -0.2) is 38.0 Å². The molecule has 0 aromatic carbocycles. The maximum Gasteiger partial charge on any atom is 0.226 e. The summed E-state index contributed by atoms with van der Waals surface area (Å²) in [6.45, 7) is 4.07. The molecule has 0 spiro atoms. The summed E-state index contributed by atoms with van der Waals surface area (Å²) in [5, 5.41) is 2.95. The van der Waals surface area contributed by atoms with Crippen molar-refractivity contribution in [3.05, 3.63) is 0 Å². The smallest absolute Gasteiger partial charge is 0.226 e. The molecule has 1 N–H and O–H groups in total. The zero-order valence-corrected chi connectivity index (χ0v) is 9.60. The standard InChI is InChI=1S/C11H22N2O/c1-4-11(6-5-9-13(2)3)7-8-12-10(11)14/h4-9H2,1-3H3,(H,12,14). The monoisotopic (exact) mass is 198 g/mol. The number of carbonyl (C=O) groups is 1. The molecule has 1 aliphatic heterocycles. The van der Waals surface area contributed by atoms with Crippen molar-refractivity contribution in [1.82, 2.24) is 10.2 Å². The first-order valence-corrected chi connectivity index (χ1v) is 5.54. The Morgan fingerprint density at radius 2 is 2.21 bits per heavy atom. The van der Waals surface area contributed by atoms with Crippen LogP contribution in [0.4, 0.5) is 0 Å². The minimum atomic E-state index is -0.0456. The molecule has 1 rings (SSSR count). The Balaban J connectivity index is 2.41. The van der Waals surface area contributed by atoms with Crippen molar-refractivity contribution in [2.45, 2.75) is 32.6 Å². The van der Waals surface area contributed by atoms with Crippen LogP contribution in [0.5, 0.6) is 0 Å². The molecule has 0 radical (unpaired) electrons. The summed E-state index contributed by atoms with van der Waals surface area (Å²) in [4.78, 5) is 13.9. The van der Waals surface area contributed by atoms with Gasteiger partial charge < -0.3 is 10.2 Å². The molecule has 1 saturated heterocycles. The van der Waals surface area contributed by atoms with E-state index < -0.39 is 0 Å². The van der Waals surface area contributed by atoms with Crippen LogP contribution < -0.4 is 5.32 Å². The maximum absolute atomic E-state index is 11.7. The van der Waals surface area contributed by atoms with E-state index in [0.717, 1.165) is 38.8 Å². The van der Waals surface area contributed by atoms with Gasteiger partial charge in [-0.2, -0.15) is 0 Å². The molecular weight excluding hydrogens is 176 g/mol. The first-order valence-electron chi connectivity index (χ1n) is 5.54. The van der Waals surface area contributed by atoms with Crippen molar-refractivity contribution in [2.24, 2.45) is 5.41 Å². The van der Waals surface area contributed by atoms with Gasteiger partial charge in [-0.25, -0.2) is 0 Å². The molecule has 1 unspecified atom stereocenters. The van der Waals surface area contributed by atoms with Gasteiger partial charge in [0.25, 0.3) is 0 Å². The number of rotatable bonds is 5. The number of hydrogen-bond acceptors (Lipinski definition) is 2. The lowest BCUT2D eigenvalue weighted by Crippen LogP contribution is -2.31. The quantitative estimate of drug-likeness (QED) is 0.721. The largest absolute Gasteiger partial charge is 0.356 e. The second-order valence-corrected chi connectivity index (χ2v) is 4.55. The summed E-state index contributed by atoms with van der Waals surface area (Å²) in [6.07, 6.45) is 4.16. The Labute approximate surface area is 86.9 Å². The zero-order valence-electron chi connectivity index (χ0n) is 9.60. The second-order valence-electron chi connectivity index (χ2n) is 4.55. The topological polar surface area (TPSA) is 32.3 Å². The highest BCUT2D eigenvalue weighted by atomic mass is 16.2. The summed E-state index contributed by atoms with van der Waals surface area (Å²) < 4.78 is 0. The lowest BCUT2D eigenvalue weighted by Gasteiger charge is -2.24. The Morgan fingerprint density at radius 3 is 2.64 bits per heavy atom. The van der Waals surface area contributed by atoms with Gasteiger partial charge in [-0.1, -0.05) is 6.92 Å². The average Bonchev–Trinajstić information content (AvgIpc) is 2.48. The molecule has 0 bridgehead atoms. The van der Waals surface area contributed by atoms with Crippen molar-refractivity contribution in [1.29, 1.82) is 0 Å². The van der Waals surface area contributed by atoms with E-state index in [1.807, 2.05) is 0 Å². The van der Waals surface area contributed by atoms with E-state index in [9.17, 15) is 4.79 Å². The molecule has 1 amide bonds. The molecule has 1 heterocycles. The number of carbonyl (C=O) groups excluding carboxylic acids is 1. The summed E-state index contributed by atoms with van der Waals surface area (Å²) in [5.41, 5.74) is -0.0456. The van der Waals surface area contributed by atoms with E-state index in [-0.39, 0.29) is 11.3 Å². The Morgan fingerprint density at radius 1 is 1.50 bits per heavy atom. The number of nitrogens with one attached hydrogen (secondary N) is 1. The van der Waals surface area contributed by atoms with Crippen LogP contribution in [0.25, 0.3) is 0 Å². The fourth-order valence-electron chi connectivity index (χ4n) is 2.20. The van der Waals surface area contributed by atoms with Crippen LogP contribution >= 0.6 is 0 Å². The van der Waals surface area contributed by atoms with Gasteiger partial charge in [0.15, 0.2) is 0 Å². The predicted octanol–water partition coefficient (Wildman–Crippen LogP) is 1.24. The molecule has 14 heavy (non-hydrogen) atoms. The molecule has 1 aliphatic rings. The third-order valence-corrected chi connectivity index (χ3v) is 3.31. The van der Waals surface area contributed by atoms with Gasteiger partial charge in [0.05, 0.1) is 5.41 Å². The molecular formula is C11H22N2O. The number of nitrogens with zero attached hydrogens (tertiary/aromatic N) is 1. The normalized spacial score (nSPS) is 27.0. The van der Waals surface area contributed by atoms with Gasteiger partial charge in [-0.15, -0.1) is 0 Å². The molecule has 3 nitrogen and oxygen atoms in total. The first-order chi connectivity index (χ1) is 6.60. The molecule has 82 valence electrons. The first kappa shape index (κ1) is 11.5. The van der Waals surface area contributed by atoms with Crippen LogP contribution in [0, 0.1) is 5.41 Å². The van der Waals surface area contributed by atoms with Crippen LogP contribution in [0.3, 0.4) is 0 Å². The average molecular weight is 198 g/mol. The highest BCUT2D eigenvalue weighted by Crippen LogP contribution is 2.35. The molecule has 1 atom stereocenters. The van der Waals surface area contributed by atoms with Gasteiger partial charge in [0.2, 0.25) is 5.91 Å². The molecule has 0 aromatic heterocycles. The Hall–Kier alpha value is -0.570. The SMILES string of the molecule is CCC1(CCCN(C)C)CCNC1=O. The lowest BCUT2D eigenvalue weighted by molar-refractivity contribution is -0.128. The van der Waals surface area contributed by atoms with Gasteiger partial charge in [-0.3, -0.25) is 4.79 Å². The highest BCUT2D eigenvalue weighted by Gasteiger charge is 2.39. The molecule has 0 aliphatic carbocycles. The molecule has 1 fully saturated rings. The van der Waals surface area contributed by atoms with E-state index in [1.54, 1.807) is 0 Å². The third kappa shape index (κ3) is 2.47. The fourth-order valence-corrected chi connectivity index (χ4v) is 2.20. The zero-order chi connectivity index (χ0) is 10.6.